The summed E-state index contributed by atoms with van der Waals surface area (Å²) in [4.78, 5) is 0. The van der Waals surface area contributed by atoms with Gasteiger partial charge in [-0.25, -0.2) is 4.39 Å². The van der Waals surface area contributed by atoms with E-state index in [1.54, 1.807) is 0 Å². The molecule has 5 heteroatoms. The smallest absolute Gasteiger partial charge is 0.137 e. The molecule has 2 aromatic rings. The predicted octanol–water partition coefficient (Wildman–Crippen LogP) is 3.76. The molecule has 0 bridgehead atoms. The van der Waals surface area contributed by atoms with Crippen LogP contribution in [0.5, 0.6) is 5.75 Å². The van der Waals surface area contributed by atoms with Crippen molar-refractivity contribution in [2.45, 2.75) is 25.7 Å². The highest BCUT2D eigenvalue weighted by Crippen LogP contribution is 2.45. The first-order chi connectivity index (χ1) is 8.58. The van der Waals surface area contributed by atoms with Crippen LogP contribution >= 0.6 is 11.6 Å². The number of phenolic OH excluding ortho intramolecular Hbond substituents is 1. The molecule has 3 rings (SSSR count). The third kappa shape index (κ3) is 1.77. The minimum absolute atomic E-state index is 0.147. The molecule has 0 atom stereocenters. The Bertz CT molecular complexity index is 620. The van der Waals surface area contributed by atoms with Crippen LogP contribution in [-0.4, -0.2) is 15.3 Å². The summed E-state index contributed by atoms with van der Waals surface area (Å²) in [5.41, 5.74) is 2.88. The summed E-state index contributed by atoms with van der Waals surface area (Å²) in [6, 6.07) is 2.50. The number of halogens is 2. The van der Waals surface area contributed by atoms with Gasteiger partial charge in [0.1, 0.15) is 11.6 Å². The van der Waals surface area contributed by atoms with Crippen LogP contribution in [0.25, 0.3) is 11.1 Å². The first-order valence-electron chi connectivity index (χ1n) is 5.81. The molecule has 1 heterocycles. The molecule has 3 nitrogen and oxygen atoms in total. The molecule has 1 aromatic carbocycles. The highest BCUT2D eigenvalue weighted by atomic mass is 35.5. The van der Waals surface area contributed by atoms with Crippen molar-refractivity contribution < 1.29 is 9.50 Å². The summed E-state index contributed by atoms with van der Waals surface area (Å²) < 4.78 is 14.0. The number of aryl methyl sites for hydroxylation is 1. The number of phenols is 1. The molecule has 0 saturated heterocycles. The number of aromatic amines is 1. The molecular weight excluding hydrogens is 255 g/mol. The summed E-state index contributed by atoms with van der Waals surface area (Å²) in [6.07, 6.45) is 2.18. The fourth-order valence-corrected chi connectivity index (χ4v) is 2.33. The Hall–Kier alpha value is -1.55. The Morgan fingerprint density at radius 3 is 2.83 bits per heavy atom. The van der Waals surface area contributed by atoms with E-state index < -0.39 is 5.82 Å². The van der Waals surface area contributed by atoms with Crippen molar-refractivity contribution in [1.29, 1.82) is 0 Å². The van der Waals surface area contributed by atoms with Crippen molar-refractivity contribution in [1.82, 2.24) is 10.2 Å². The van der Waals surface area contributed by atoms with Gasteiger partial charge in [0.25, 0.3) is 0 Å². The lowest BCUT2D eigenvalue weighted by molar-refractivity contribution is 0.469. The third-order valence-electron chi connectivity index (χ3n) is 3.25. The van der Waals surface area contributed by atoms with E-state index in [0.717, 1.165) is 35.9 Å². The van der Waals surface area contributed by atoms with E-state index in [0.29, 0.717) is 11.5 Å². The van der Waals surface area contributed by atoms with Crippen LogP contribution in [0.4, 0.5) is 4.39 Å². The second kappa shape index (κ2) is 3.99. The first kappa shape index (κ1) is 11.5. The van der Waals surface area contributed by atoms with Gasteiger partial charge in [-0.2, -0.15) is 5.10 Å². The Balaban J connectivity index is 2.20. The first-order valence-corrected chi connectivity index (χ1v) is 6.19. The molecule has 1 fully saturated rings. The van der Waals surface area contributed by atoms with Crippen molar-refractivity contribution in [2.75, 3.05) is 0 Å². The van der Waals surface area contributed by atoms with Gasteiger partial charge in [-0.15, -0.1) is 0 Å². The van der Waals surface area contributed by atoms with Crippen LogP contribution in [0.3, 0.4) is 0 Å². The molecule has 2 N–H and O–H groups in total. The summed E-state index contributed by atoms with van der Waals surface area (Å²) in [7, 11) is 0. The van der Waals surface area contributed by atoms with Crippen LogP contribution in [0.2, 0.25) is 5.02 Å². The quantitative estimate of drug-likeness (QED) is 0.869. The fourth-order valence-electron chi connectivity index (χ4n) is 2.17. The van der Waals surface area contributed by atoms with Gasteiger partial charge in [0.2, 0.25) is 0 Å². The minimum Gasteiger partial charge on any atom is -0.506 e. The van der Waals surface area contributed by atoms with Gasteiger partial charge in [-0.1, -0.05) is 11.6 Å². The van der Waals surface area contributed by atoms with Crippen LogP contribution in [0.1, 0.15) is 30.1 Å². The van der Waals surface area contributed by atoms with Crippen molar-refractivity contribution >= 4 is 11.6 Å². The number of aromatic hydroxyl groups is 1. The maximum Gasteiger partial charge on any atom is 0.137 e. The molecule has 18 heavy (non-hydrogen) atoms. The number of rotatable bonds is 2. The number of hydrogen-bond donors (Lipinski definition) is 2. The Morgan fingerprint density at radius 2 is 2.17 bits per heavy atom. The van der Waals surface area contributed by atoms with Crippen molar-refractivity contribution in [2.24, 2.45) is 0 Å². The van der Waals surface area contributed by atoms with E-state index in [9.17, 15) is 9.50 Å². The monoisotopic (exact) mass is 266 g/mol. The molecule has 0 spiro atoms. The van der Waals surface area contributed by atoms with Crippen LogP contribution < -0.4 is 0 Å². The van der Waals surface area contributed by atoms with E-state index in [2.05, 4.69) is 10.2 Å². The van der Waals surface area contributed by atoms with Crippen LogP contribution in [-0.2, 0) is 0 Å². The zero-order valence-electron chi connectivity index (χ0n) is 9.80. The number of hydrogen-bond acceptors (Lipinski definition) is 2. The lowest BCUT2D eigenvalue weighted by atomic mass is 10.0. The predicted molar refractivity (Wildman–Crippen MR) is 67.4 cm³/mol. The lowest BCUT2D eigenvalue weighted by Crippen LogP contribution is -1.90. The van der Waals surface area contributed by atoms with E-state index >= 15 is 0 Å². The second-order valence-corrected chi connectivity index (χ2v) is 5.07. The highest BCUT2D eigenvalue weighted by molar-refractivity contribution is 6.32. The van der Waals surface area contributed by atoms with Gasteiger partial charge >= 0.3 is 0 Å². The summed E-state index contributed by atoms with van der Waals surface area (Å²) in [5, 5.41) is 16.7. The lowest BCUT2D eigenvalue weighted by Gasteiger charge is -2.07. The maximum absolute atomic E-state index is 14.0. The third-order valence-corrected chi connectivity index (χ3v) is 3.55. The van der Waals surface area contributed by atoms with E-state index in [-0.39, 0.29) is 10.8 Å². The number of aromatic nitrogens is 2. The molecule has 1 saturated carbocycles. The molecule has 1 aliphatic carbocycles. The summed E-state index contributed by atoms with van der Waals surface area (Å²) in [5.74, 6) is -0.313. The van der Waals surface area contributed by atoms with Gasteiger partial charge in [0, 0.05) is 28.8 Å². The van der Waals surface area contributed by atoms with Crippen molar-refractivity contribution in [3.63, 3.8) is 0 Å². The van der Waals surface area contributed by atoms with Gasteiger partial charge in [0.05, 0.1) is 10.7 Å². The average Bonchev–Trinajstić information content (AvgIpc) is 3.09. The molecule has 1 aliphatic rings. The molecular formula is C13H12ClFN2O. The van der Waals surface area contributed by atoms with Gasteiger partial charge in [0.15, 0.2) is 0 Å². The maximum atomic E-state index is 14.0. The Kier molecular flexibility index (Phi) is 2.55. The van der Waals surface area contributed by atoms with E-state index in [1.165, 1.54) is 6.07 Å². The van der Waals surface area contributed by atoms with E-state index in [1.807, 2.05) is 6.92 Å². The van der Waals surface area contributed by atoms with Gasteiger partial charge < -0.3 is 5.11 Å². The molecule has 0 unspecified atom stereocenters. The van der Waals surface area contributed by atoms with Crippen molar-refractivity contribution in [3.8, 4) is 16.9 Å². The standard InChI is InChI=1S/C13H12ClFN2O/c1-6-12(13(17-16-6)7-2-3-7)8-4-9(14)11(18)5-10(8)15/h4-5,7,18H,2-3H2,1H3,(H,16,17). The van der Waals surface area contributed by atoms with Crippen LogP contribution in [0.15, 0.2) is 12.1 Å². The molecule has 0 aliphatic heterocycles. The Labute approximate surface area is 109 Å². The highest BCUT2D eigenvalue weighted by Gasteiger charge is 2.31. The summed E-state index contributed by atoms with van der Waals surface area (Å²) in [6.45, 7) is 1.86. The van der Waals surface area contributed by atoms with Gasteiger partial charge in [-0.3, -0.25) is 5.10 Å². The Morgan fingerprint density at radius 1 is 1.44 bits per heavy atom. The minimum atomic E-state index is -0.483. The summed E-state index contributed by atoms with van der Waals surface area (Å²) >= 11 is 5.86. The number of nitrogens with zero attached hydrogens (tertiary/aromatic N) is 1. The average molecular weight is 267 g/mol. The fraction of sp³-hybridized carbons (Fsp3) is 0.308. The van der Waals surface area contributed by atoms with E-state index in [4.69, 9.17) is 11.6 Å². The zero-order valence-corrected chi connectivity index (χ0v) is 10.6. The zero-order chi connectivity index (χ0) is 12.9. The second-order valence-electron chi connectivity index (χ2n) is 4.67. The SMILES string of the molecule is Cc1[nH]nc(C2CC2)c1-c1cc(Cl)c(O)cc1F. The topological polar surface area (TPSA) is 48.9 Å². The van der Waals surface area contributed by atoms with Crippen LogP contribution in [0, 0.1) is 12.7 Å². The molecule has 0 radical (unpaired) electrons. The van der Waals surface area contributed by atoms with Crippen molar-refractivity contribution in [3.05, 3.63) is 34.4 Å². The molecule has 94 valence electrons. The molecule has 0 amide bonds. The normalized spacial score (nSPS) is 15.1. The number of nitrogens with one attached hydrogen (secondary N) is 1. The largest absolute Gasteiger partial charge is 0.506 e. The number of H-pyrrole nitrogens is 1. The molecule has 1 aromatic heterocycles. The number of benzene rings is 1. The van der Waals surface area contributed by atoms with Gasteiger partial charge in [-0.05, 0) is 25.8 Å².